The van der Waals surface area contributed by atoms with Crippen molar-refractivity contribution < 1.29 is 14.2 Å². The molecule has 0 rings (SSSR count). The van der Waals surface area contributed by atoms with E-state index in [0.29, 0.717) is 51.9 Å². The van der Waals surface area contributed by atoms with Crippen molar-refractivity contribution in [2.24, 2.45) is 0 Å². The fourth-order valence-corrected chi connectivity index (χ4v) is 5.77. The van der Waals surface area contributed by atoms with Crippen molar-refractivity contribution in [1.82, 2.24) is 10.6 Å². The summed E-state index contributed by atoms with van der Waals surface area (Å²) in [6.45, 7) is 6.54. The SMILES string of the molecule is CCCCC/C=C/C/C=C/CCCCCCCC(=O)NCCC[N+](C)([O-])CCCNC(=O)CCCCCCC/C=C/C/C=C/CCCCC. The van der Waals surface area contributed by atoms with E-state index in [2.05, 4.69) is 73.1 Å². The Hall–Kier alpha value is -2.18. The predicted molar refractivity (Wildman–Crippen MR) is 213 cm³/mol. The van der Waals surface area contributed by atoms with Crippen LogP contribution in [-0.4, -0.2) is 49.7 Å². The maximum absolute atomic E-state index is 12.7. The number of allylic oxidation sites excluding steroid dienone is 8. The number of amides is 2. The van der Waals surface area contributed by atoms with Gasteiger partial charge < -0.3 is 20.5 Å². The molecular weight excluding hydrogens is 606 g/mol. The van der Waals surface area contributed by atoms with Gasteiger partial charge >= 0.3 is 0 Å². The zero-order valence-corrected chi connectivity index (χ0v) is 32.5. The van der Waals surface area contributed by atoms with Gasteiger partial charge in [0.15, 0.2) is 0 Å². The summed E-state index contributed by atoms with van der Waals surface area (Å²) in [6, 6.07) is 0. The van der Waals surface area contributed by atoms with Crippen LogP contribution in [0.4, 0.5) is 0 Å². The zero-order chi connectivity index (χ0) is 35.9. The smallest absolute Gasteiger partial charge is 0.219 e. The summed E-state index contributed by atoms with van der Waals surface area (Å²) >= 11 is 0. The van der Waals surface area contributed by atoms with Crippen molar-refractivity contribution in [1.29, 1.82) is 0 Å². The maximum atomic E-state index is 12.7. The summed E-state index contributed by atoms with van der Waals surface area (Å²) in [5, 5.41) is 18.7. The van der Waals surface area contributed by atoms with Crippen LogP contribution < -0.4 is 10.6 Å². The largest absolute Gasteiger partial charge is 0.633 e. The zero-order valence-electron chi connectivity index (χ0n) is 32.5. The van der Waals surface area contributed by atoms with E-state index in [1.165, 1.54) is 89.9 Å². The number of hydrogen-bond donors (Lipinski definition) is 2. The molecule has 0 saturated carbocycles. The quantitative estimate of drug-likeness (QED) is 0.0298. The summed E-state index contributed by atoms with van der Waals surface area (Å²) in [5.41, 5.74) is 0. The topological polar surface area (TPSA) is 81.3 Å². The van der Waals surface area contributed by atoms with E-state index in [0.717, 1.165) is 51.4 Å². The number of nitrogens with zero attached hydrogens (tertiary/aromatic N) is 1. The Morgan fingerprint density at radius 2 is 0.796 bits per heavy atom. The van der Waals surface area contributed by atoms with Gasteiger partial charge in [-0.25, -0.2) is 0 Å². The van der Waals surface area contributed by atoms with Gasteiger partial charge in [0.05, 0.1) is 20.1 Å². The van der Waals surface area contributed by atoms with E-state index < -0.39 is 0 Å². The fourth-order valence-electron chi connectivity index (χ4n) is 5.77. The highest BCUT2D eigenvalue weighted by Crippen LogP contribution is 2.10. The van der Waals surface area contributed by atoms with Crippen LogP contribution in [-0.2, 0) is 9.59 Å². The number of unbranched alkanes of at least 4 members (excludes halogenated alkanes) is 16. The lowest BCUT2D eigenvalue weighted by Crippen LogP contribution is -2.42. The minimum Gasteiger partial charge on any atom is -0.633 e. The highest BCUT2D eigenvalue weighted by molar-refractivity contribution is 5.76. The Kier molecular flexibility index (Phi) is 35.4. The van der Waals surface area contributed by atoms with E-state index in [-0.39, 0.29) is 16.5 Å². The number of hydroxylamine groups is 3. The first-order valence-electron chi connectivity index (χ1n) is 20.6. The van der Waals surface area contributed by atoms with E-state index in [1.54, 1.807) is 7.05 Å². The second kappa shape index (κ2) is 37.1. The maximum Gasteiger partial charge on any atom is 0.219 e. The molecule has 0 fully saturated rings. The number of nitrogens with one attached hydrogen (secondary N) is 2. The van der Waals surface area contributed by atoms with Crippen molar-refractivity contribution in [3.63, 3.8) is 0 Å². The molecule has 6 nitrogen and oxygen atoms in total. The molecule has 284 valence electrons. The van der Waals surface area contributed by atoms with E-state index >= 15 is 0 Å². The van der Waals surface area contributed by atoms with Crippen LogP contribution in [0.1, 0.15) is 181 Å². The first-order chi connectivity index (χ1) is 23.9. The molecule has 0 unspecified atom stereocenters. The van der Waals surface area contributed by atoms with Gasteiger partial charge in [-0.3, -0.25) is 9.59 Å². The van der Waals surface area contributed by atoms with Crippen LogP contribution in [0.5, 0.6) is 0 Å². The Balaban J connectivity index is 3.57. The van der Waals surface area contributed by atoms with Gasteiger partial charge in [-0.1, -0.05) is 127 Å². The first-order valence-corrected chi connectivity index (χ1v) is 20.6. The summed E-state index contributed by atoms with van der Waals surface area (Å²) in [7, 11) is 1.69. The number of hydrogen-bond acceptors (Lipinski definition) is 3. The minimum absolute atomic E-state index is 0.0950. The minimum atomic E-state index is -0.332. The standard InChI is InChI=1S/C43H79N3O3/c1-4-6-8-10-12-14-16-18-20-22-24-26-28-30-32-36-42(47)44-38-34-40-46(3,49)41-35-39-45-43(48)37-33-31-29-27-25-23-21-19-17-15-13-11-9-7-5-2/h12-15,18-21H,4-11,16-17,22-41H2,1-3H3,(H,44,47)(H,45,48)/b14-12+,15-13+,20-18+,21-19+. The molecule has 0 aliphatic heterocycles. The molecule has 0 bridgehead atoms. The average Bonchev–Trinajstić information content (AvgIpc) is 3.08. The Bertz CT molecular complexity index is 794. The van der Waals surface area contributed by atoms with Crippen molar-refractivity contribution in [2.45, 2.75) is 181 Å². The molecular formula is C43H79N3O3. The molecule has 2 amide bonds. The molecule has 0 radical (unpaired) electrons. The summed E-state index contributed by atoms with van der Waals surface area (Å²) in [5.74, 6) is 0.190. The van der Waals surface area contributed by atoms with Crippen LogP contribution >= 0.6 is 0 Å². The predicted octanol–water partition coefficient (Wildman–Crippen LogP) is 11.6. The molecule has 0 aromatic rings. The molecule has 0 aliphatic carbocycles. The van der Waals surface area contributed by atoms with Crippen LogP contribution in [0.15, 0.2) is 48.6 Å². The molecule has 2 N–H and O–H groups in total. The summed E-state index contributed by atoms with van der Waals surface area (Å²) in [4.78, 5) is 24.3. The number of rotatable bonds is 36. The van der Waals surface area contributed by atoms with Crippen LogP contribution in [0, 0.1) is 5.21 Å². The Morgan fingerprint density at radius 1 is 0.469 bits per heavy atom. The summed E-state index contributed by atoms with van der Waals surface area (Å²) < 4.78 is -0.332. The molecule has 0 aliphatic rings. The first kappa shape index (κ1) is 46.8. The normalized spacial score (nSPS) is 12.3. The van der Waals surface area contributed by atoms with Gasteiger partial charge in [-0.15, -0.1) is 0 Å². The highest BCUT2D eigenvalue weighted by Gasteiger charge is 2.11. The van der Waals surface area contributed by atoms with E-state index in [9.17, 15) is 14.8 Å². The Labute approximate surface area is 303 Å². The van der Waals surface area contributed by atoms with Gasteiger partial charge in [0.2, 0.25) is 11.8 Å². The molecule has 0 atom stereocenters. The van der Waals surface area contributed by atoms with E-state index in [4.69, 9.17) is 0 Å². The van der Waals surface area contributed by atoms with Crippen LogP contribution in [0.2, 0.25) is 0 Å². The lowest BCUT2D eigenvalue weighted by molar-refractivity contribution is -0.860. The van der Waals surface area contributed by atoms with Crippen molar-refractivity contribution in [3.05, 3.63) is 53.8 Å². The van der Waals surface area contributed by atoms with Crippen LogP contribution in [0.25, 0.3) is 0 Å². The molecule has 0 heterocycles. The van der Waals surface area contributed by atoms with Gasteiger partial charge in [0.1, 0.15) is 0 Å². The molecule has 0 saturated heterocycles. The molecule has 49 heavy (non-hydrogen) atoms. The third kappa shape index (κ3) is 38.5. The highest BCUT2D eigenvalue weighted by atomic mass is 16.5. The number of quaternary nitrogens is 1. The molecule has 6 heteroatoms. The van der Waals surface area contributed by atoms with Crippen molar-refractivity contribution in [3.8, 4) is 0 Å². The van der Waals surface area contributed by atoms with Gasteiger partial charge in [-0.2, -0.15) is 0 Å². The number of carbonyl (C=O) groups is 2. The lowest BCUT2D eigenvalue weighted by atomic mass is 10.1. The third-order valence-corrected chi connectivity index (χ3v) is 8.97. The van der Waals surface area contributed by atoms with Crippen molar-refractivity contribution in [2.75, 3.05) is 33.2 Å². The summed E-state index contributed by atoms with van der Waals surface area (Å²) in [6.07, 6.45) is 46.7. The molecule has 0 aromatic heterocycles. The third-order valence-electron chi connectivity index (χ3n) is 8.97. The second-order valence-corrected chi connectivity index (χ2v) is 14.1. The van der Waals surface area contributed by atoms with Gasteiger partial charge in [0.25, 0.3) is 0 Å². The lowest BCUT2D eigenvalue weighted by Gasteiger charge is -2.38. The van der Waals surface area contributed by atoms with Gasteiger partial charge in [0, 0.05) is 38.8 Å². The van der Waals surface area contributed by atoms with Crippen LogP contribution in [0.3, 0.4) is 0 Å². The monoisotopic (exact) mass is 686 g/mol. The van der Waals surface area contributed by atoms with Crippen molar-refractivity contribution >= 4 is 11.8 Å². The average molecular weight is 686 g/mol. The van der Waals surface area contributed by atoms with E-state index in [1.807, 2.05) is 0 Å². The molecule has 0 aromatic carbocycles. The molecule has 0 spiro atoms. The number of carbonyl (C=O) groups excluding carboxylic acids is 2. The Morgan fingerprint density at radius 3 is 1.16 bits per heavy atom. The second-order valence-electron chi connectivity index (χ2n) is 14.1. The fraction of sp³-hybridized carbons (Fsp3) is 0.767. The van der Waals surface area contributed by atoms with Gasteiger partial charge in [-0.05, 0) is 77.0 Å².